The molecule has 5 heteroatoms. The second-order valence-electron chi connectivity index (χ2n) is 6.52. The van der Waals surface area contributed by atoms with Gasteiger partial charge in [-0.25, -0.2) is 0 Å². The predicted octanol–water partition coefficient (Wildman–Crippen LogP) is 3.21. The predicted molar refractivity (Wildman–Crippen MR) is 103 cm³/mol. The first-order valence-electron chi connectivity index (χ1n) is 8.38. The van der Waals surface area contributed by atoms with Crippen LogP contribution >= 0.6 is 12.4 Å². The fourth-order valence-electron chi connectivity index (χ4n) is 2.93. The Bertz CT molecular complexity index is 710. The number of amides is 1. The monoisotopic (exact) mass is 360 g/mol. The summed E-state index contributed by atoms with van der Waals surface area (Å²) in [7, 11) is 0. The van der Waals surface area contributed by atoms with Crippen molar-refractivity contribution in [3.8, 4) is 11.1 Å². The molecule has 0 aromatic heterocycles. The number of benzene rings is 2. The van der Waals surface area contributed by atoms with Crippen molar-refractivity contribution >= 4 is 18.3 Å². The Labute approximate surface area is 155 Å². The summed E-state index contributed by atoms with van der Waals surface area (Å²) in [4.78, 5) is 12.4. The van der Waals surface area contributed by atoms with E-state index >= 15 is 0 Å². The minimum absolute atomic E-state index is 0. The van der Waals surface area contributed by atoms with Crippen molar-refractivity contribution in [1.82, 2.24) is 5.32 Å². The highest BCUT2D eigenvalue weighted by Gasteiger charge is 2.35. The molecule has 1 heterocycles. The van der Waals surface area contributed by atoms with Crippen LogP contribution in [0.3, 0.4) is 0 Å². The molecule has 1 saturated heterocycles. The lowest BCUT2D eigenvalue weighted by atomic mass is 9.90. The molecule has 25 heavy (non-hydrogen) atoms. The number of ether oxygens (including phenoxy) is 1. The van der Waals surface area contributed by atoms with Crippen LogP contribution in [-0.4, -0.2) is 24.7 Å². The van der Waals surface area contributed by atoms with Crippen LogP contribution in [0, 0.1) is 6.92 Å². The smallest absolute Gasteiger partial charge is 0.240 e. The third kappa shape index (κ3) is 4.82. The summed E-state index contributed by atoms with van der Waals surface area (Å²) in [5.74, 6) is -0.0912. The van der Waals surface area contributed by atoms with E-state index in [1.54, 1.807) is 0 Å². The van der Waals surface area contributed by atoms with Gasteiger partial charge in [-0.15, -0.1) is 12.4 Å². The van der Waals surface area contributed by atoms with Crippen molar-refractivity contribution in [3.05, 3.63) is 59.7 Å². The highest BCUT2D eigenvalue weighted by Crippen LogP contribution is 2.21. The summed E-state index contributed by atoms with van der Waals surface area (Å²) in [5, 5.41) is 2.98. The van der Waals surface area contributed by atoms with Crippen LogP contribution in [0.4, 0.5) is 0 Å². The average Bonchev–Trinajstić information content (AvgIpc) is 2.61. The lowest BCUT2D eigenvalue weighted by Crippen LogP contribution is -2.56. The lowest BCUT2D eigenvalue weighted by molar-refractivity contribution is -0.129. The van der Waals surface area contributed by atoms with E-state index < -0.39 is 5.54 Å². The van der Waals surface area contributed by atoms with Gasteiger partial charge >= 0.3 is 0 Å². The molecule has 0 aliphatic carbocycles. The van der Waals surface area contributed by atoms with Gasteiger partial charge in [0, 0.05) is 19.8 Å². The second-order valence-corrected chi connectivity index (χ2v) is 6.52. The number of hydrogen-bond donors (Lipinski definition) is 2. The van der Waals surface area contributed by atoms with E-state index in [1.807, 2.05) is 12.1 Å². The number of carbonyl (C=O) groups is 1. The SMILES string of the molecule is Cc1ccc(-c2cccc(CNC(=O)C3(N)CCOCC3)c2)cc1.Cl. The molecule has 0 radical (unpaired) electrons. The van der Waals surface area contributed by atoms with Crippen LogP contribution < -0.4 is 11.1 Å². The Morgan fingerprint density at radius 3 is 2.48 bits per heavy atom. The Hall–Kier alpha value is -1.88. The maximum Gasteiger partial charge on any atom is 0.240 e. The fraction of sp³-hybridized carbons (Fsp3) is 0.350. The van der Waals surface area contributed by atoms with Crippen LogP contribution in [0.15, 0.2) is 48.5 Å². The first-order chi connectivity index (χ1) is 11.6. The molecule has 1 fully saturated rings. The Balaban J connectivity index is 0.00000225. The fourth-order valence-corrected chi connectivity index (χ4v) is 2.93. The zero-order valence-corrected chi connectivity index (χ0v) is 15.3. The van der Waals surface area contributed by atoms with E-state index in [0.717, 1.165) is 11.1 Å². The molecule has 1 aliphatic heterocycles. The third-order valence-corrected chi connectivity index (χ3v) is 4.60. The zero-order valence-electron chi connectivity index (χ0n) is 14.5. The normalized spacial score (nSPS) is 15.9. The Morgan fingerprint density at radius 1 is 1.12 bits per heavy atom. The first kappa shape index (κ1) is 19.4. The lowest BCUT2D eigenvalue weighted by Gasteiger charge is -2.31. The van der Waals surface area contributed by atoms with E-state index in [4.69, 9.17) is 10.5 Å². The first-order valence-corrected chi connectivity index (χ1v) is 8.38. The molecule has 134 valence electrons. The van der Waals surface area contributed by atoms with Gasteiger partial charge in [-0.05, 0) is 42.5 Å². The topological polar surface area (TPSA) is 64.4 Å². The summed E-state index contributed by atoms with van der Waals surface area (Å²) >= 11 is 0. The summed E-state index contributed by atoms with van der Waals surface area (Å²) in [5.41, 5.74) is 10.0. The number of carbonyl (C=O) groups excluding carboxylic acids is 1. The van der Waals surface area contributed by atoms with Gasteiger partial charge in [-0.1, -0.05) is 48.0 Å². The molecular weight excluding hydrogens is 336 g/mol. The highest BCUT2D eigenvalue weighted by atomic mass is 35.5. The number of nitrogens with one attached hydrogen (secondary N) is 1. The van der Waals surface area contributed by atoms with Crippen molar-refractivity contribution in [3.63, 3.8) is 0 Å². The molecule has 0 atom stereocenters. The summed E-state index contributed by atoms with van der Waals surface area (Å²) in [6.07, 6.45) is 1.14. The maximum atomic E-state index is 12.4. The van der Waals surface area contributed by atoms with E-state index in [-0.39, 0.29) is 18.3 Å². The Morgan fingerprint density at radius 2 is 1.80 bits per heavy atom. The van der Waals surface area contributed by atoms with Crippen molar-refractivity contribution in [2.45, 2.75) is 31.8 Å². The van der Waals surface area contributed by atoms with Crippen LogP contribution in [0.1, 0.15) is 24.0 Å². The van der Waals surface area contributed by atoms with Gasteiger partial charge in [0.1, 0.15) is 0 Å². The third-order valence-electron chi connectivity index (χ3n) is 4.60. The van der Waals surface area contributed by atoms with Gasteiger partial charge < -0.3 is 15.8 Å². The molecular formula is C20H25ClN2O2. The van der Waals surface area contributed by atoms with E-state index in [0.29, 0.717) is 32.6 Å². The number of halogens is 1. The van der Waals surface area contributed by atoms with E-state index in [9.17, 15) is 4.79 Å². The standard InChI is InChI=1S/C20H24N2O2.ClH/c1-15-5-7-17(8-6-15)18-4-2-3-16(13-18)14-22-19(23)20(21)9-11-24-12-10-20;/h2-8,13H,9-12,14,21H2,1H3,(H,22,23);1H. The largest absolute Gasteiger partial charge is 0.381 e. The van der Waals surface area contributed by atoms with Crippen molar-refractivity contribution < 1.29 is 9.53 Å². The van der Waals surface area contributed by atoms with Gasteiger partial charge in [0.2, 0.25) is 5.91 Å². The van der Waals surface area contributed by atoms with Crippen LogP contribution in [0.2, 0.25) is 0 Å². The quantitative estimate of drug-likeness (QED) is 0.880. The van der Waals surface area contributed by atoms with Crippen LogP contribution in [0.25, 0.3) is 11.1 Å². The van der Waals surface area contributed by atoms with Gasteiger partial charge in [0.05, 0.1) is 5.54 Å². The number of hydrogen-bond acceptors (Lipinski definition) is 3. The van der Waals surface area contributed by atoms with E-state index in [2.05, 4.69) is 48.6 Å². The number of rotatable bonds is 4. The summed E-state index contributed by atoms with van der Waals surface area (Å²) in [6, 6.07) is 16.7. The molecule has 2 aromatic carbocycles. The average molecular weight is 361 g/mol. The van der Waals surface area contributed by atoms with Gasteiger partial charge in [0.15, 0.2) is 0 Å². The van der Waals surface area contributed by atoms with Crippen LogP contribution in [0.5, 0.6) is 0 Å². The molecule has 1 aliphatic rings. The number of nitrogens with two attached hydrogens (primary N) is 1. The Kier molecular flexibility index (Phi) is 6.59. The molecule has 2 aromatic rings. The van der Waals surface area contributed by atoms with Crippen LogP contribution in [-0.2, 0) is 16.1 Å². The molecule has 0 spiro atoms. The molecule has 4 nitrogen and oxygen atoms in total. The molecule has 3 N–H and O–H groups in total. The summed E-state index contributed by atoms with van der Waals surface area (Å²) < 4.78 is 5.29. The van der Waals surface area contributed by atoms with E-state index in [1.165, 1.54) is 11.1 Å². The maximum absolute atomic E-state index is 12.4. The van der Waals surface area contributed by atoms with Gasteiger partial charge in [-0.2, -0.15) is 0 Å². The van der Waals surface area contributed by atoms with Crippen molar-refractivity contribution in [2.24, 2.45) is 5.73 Å². The minimum atomic E-state index is -0.799. The highest BCUT2D eigenvalue weighted by molar-refractivity contribution is 5.86. The summed E-state index contributed by atoms with van der Waals surface area (Å²) in [6.45, 7) is 3.66. The van der Waals surface area contributed by atoms with Crippen molar-refractivity contribution in [2.75, 3.05) is 13.2 Å². The van der Waals surface area contributed by atoms with Gasteiger partial charge in [0.25, 0.3) is 0 Å². The second kappa shape index (κ2) is 8.48. The van der Waals surface area contributed by atoms with Gasteiger partial charge in [-0.3, -0.25) is 4.79 Å². The van der Waals surface area contributed by atoms with Crippen molar-refractivity contribution in [1.29, 1.82) is 0 Å². The zero-order chi connectivity index (χ0) is 17.0. The number of aryl methyl sites for hydroxylation is 1. The minimum Gasteiger partial charge on any atom is -0.381 e. The molecule has 0 saturated carbocycles. The molecule has 1 amide bonds. The molecule has 3 rings (SSSR count). The molecule has 0 bridgehead atoms. The molecule has 0 unspecified atom stereocenters.